The number of hydrogen-bond donors (Lipinski definition) is 2. The number of likely N-dealkylation sites (tertiary alicyclic amines) is 1. The lowest BCUT2D eigenvalue weighted by molar-refractivity contribution is 0.201. The summed E-state index contributed by atoms with van der Waals surface area (Å²) in [6, 6.07) is 0. The van der Waals surface area contributed by atoms with Crippen LogP contribution in [0.1, 0.15) is 56.7 Å². The van der Waals surface area contributed by atoms with Gasteiger partial charge in [-0.2, -0.15) is 0 Å². The largest absolute Gasteiger partial charge is 0.356 e. The minimum absolute atomic E-state index is 0. The maximum Gasteiger partial charge on any atom is 0.191 e. The van der Waals surface area contributed by atoms with Crippen molar-refractivity contribution in [3.05, 3.63) is 16.1 Å². The van der Waals surface area contributed by atoms with Crippen LogP contribution in [0.15, 0.2) is 10.4 Å². The summed E-state index contributed by atoms with van der Waals surface area (Å²) in [7, 11) is 1.83. The lowest BCUT2D eigenvalue weighted by Crippen LogP contribution is -2.42. The number of nitrogens with zero attached hydrogens (tertiary/aromatic N) is 3. The Hall–Kier alpha value is -0.410. The van der Waals surface area contributed by atoms with Gasteiger partial charge in [-0.1, -0.05) is 27.2 Å². The molecule has 0 bridgehead atoms. The molecule has 2 rings (SSSR count). The fourth-order valence-corrected chi connectivity index (χ4v) is 3.86. The van der Waals surface area contributed by atoms with Crippen molar-refractivity contribution in [1.29, 1.82) is 0 Å². The molecule has 5 nitrogen and oxygen atoms in total. The number of hydrogen-bond acceptors (Lipinski definition) is 4. The molecule has 0 aromatic carbocycles. The average molecular weight is 479 g/mol. The third-order valence-electron chi connectivity index (χ3n) is 4.43. The second-order valence-corrected chi connectivity index (χ2v) is 8.04. The van der Waals surface area contributed by atoms with Crippen LogP contribution in [0.25, 0.3) is 0 Å². The molecule has 1 aromatic heterocycles. The molecule has 144 valence electrons. The minimum Gasteiger partial charge on any atom is -0.356 e. The molecule has 0 amide bonds. The molecule has 1 unspecified atom stereocenters. The lowest BCUT2D eigenvalue weighted by atomic mass is 10.1. The van der Waals surface area contributed by atoms with Crippen LogP contribution in [-0.4, -0.2) is 49.1 Å². The predicted octanol–water partition coefficient (Wildman–Crippen LogP) is 3.67. The van der Waals surface area contributed by atoms with Gasteiger partial charge in [0, 0.05) is 25.5 Å². The van der Waals surface area contributed by atoms with E-state index in [1.54, 1.807) is 11.3 Å². The highest BCUT2D eigenvalue weighted by molar-refractivity contribution is 14.0. The van der Waals surface area contributed by atoms with Crippen LogP contribution in [-0.2, 0) is 6.54 Å². The van der Waals surface area contributed by atoms with Crippen molar-refractivity contribution in [2.75, 3.05) is 33.2 Å². The van der Waals surface area contributed by atoms with Gasteiger partial charge in [0.05, 0.1) is 12.2 Å². The summed E-state index contributed by atoms with van der Waals surface area (Å²) in [6.07, 6.45) is 4.11. The van der Waals surface area contributed by atoms with E-state index in [0.29, 0.717) is 11.8 Å². The van der Waals surface area contributed by atoms with Gasteiger partial charge in [0.15, 0.2) is 5.96 Å². The summed E-state index contributed by atoms with van der Waals surface area (Å²) in [5.74, 6) is 1.97. The SMILES string of the molecule is CN=C(NCc1nc(C(C)C)cs1)NCC(C)CN1CCCCC1.I. The van der Waals surface area contributed by atoms with Gasteiger partial charge in [-0.3, -0.25) is 4.99 Å². The van der Waals surface area contributed by atoms with Crippen LogP contribution in [0.5, 0.6) is 0 Å². The summed E-state index contributed by atoms with van der Waals surface area (Å²) in [6.45, 7) is 12.0. The Bertz CT molecular complexity index is 511. The van der Waals surface area contributed by atoms with E-state index in [0.717, 1.165) is 24.1 Å². The number of thiazole rings is 1. The first-order chi connectivity index (χ1) is 11.6. The van der Waals surface area contributed by atoms with Crippen LogP contribution in [0.2, 0.25) is 0 Å². The molecular weight excluding hydrogens is 445 g/mol. The fourth-order valence-electron chi connectivity index (χ4n) is 2.97. The molecule has 7 heteroatoms. The summed E-state index contributed by atoms with van der Waals surface area (Å²) in [4.78, 5) is 11.6. The van der Waals surface area contributed by atoms with Gasteiger partial charge in [0.2, 0.25) is 0 Å². The van der Waals surface area contributed by atoms with Crippen molar-refractivity contribution in [3.63, 3.8) is 0 Å². The number of piperidine rings is 1. The normalized spacial score (nSPS) is 17.2. The molecule has 1 fully saturated rings. The quantitative estimate of drug-likeness (QED) is 0.356. The Morgan fingerprint density at radius 2 is 1.96 bits per heavy atom. The van der Waals surface area contributed by atoms with Gasteiger partial charge in [0.25, 0.3) is 0 Å². The third-order valence-corrected chi connectivity index (χ3v) is 5.30. The first-order valence-corrected chi connectivity index (χ1v) is 10.1. The molecule has 0 saturated carbocycles. The van der Waals surface area contributed by atoms with Gasteiger partial charge < -0.3 is 15.5 Å². The molecule has 1 aromatic rings. The highest BCUT2D eigenvalue weighted by atomic mass is 127. The zero-order valence-corrected chi connectivity index (χ0v) is 19.2. The van der Waals surface area contributed by atoms with Gasteiger partial charge in [-0.05, 0) is 37.8 Å². The summed E-state index contributed by atoms with van der Waals surface area (Å²) in [5, 5.41) is 10.1. The Labute approximate surface area is 174 Å². The number of halogens is 1. The molecule has 25 heavy (non-hydrogen) atoms. The van der Waals surface area contributed by atoms with Gasteiger partial charge in [-0.15, -0.1) is 35.3 Å². The summed E-state index contributed by atoms with van der Waals surface area (Å²) < 4.78 is 0. The second-order valence-electron chi connectivity index (χ2n) is 7.09. The second kappa shape index (κ2) is 12.1. The third kappa shape index (κ3) is 8.21. The Morgan fingerprint density at radius 1 is 1.24 bits per heavy atom. The maximum absolute atomic E-state index is 4.66. The van der Waals surface area contributed by atoms with E-state index in [9.17, 15) is 0 Å². The molecule has 1 atom stereocenters. The highest BCUT2D eigenvalue weighted by Gasteiger charge is 2.13. The average Bonchev–Trinajstić information content (AvgIpc) is 3.05. The predicted molar refractivity (Wildman–Crippen MR) is 119 cm³/mol. The van der Waals surface area contributed by atoms with Crippen LogP contribution < -0.4 is 10.6 Å². The number of guanidine groups is 1. The molecule has 1 saturated heterocycles. The van der Waals surface area contributed by atoms with E-state index in [2.05, 4.69) is 51.7 Å². The molecule has 1 aliphatic heterocycles. The van der Waals surface area contributed by atoms with Crippen molar-refractivity contribution in [2.45, 2.75) is 52.5 Å². The monoisotopic (exact) mass is 479 g/mol. The molecule has 0 radical (unpaired) electrons. The van der Waals surface area contributed by atoms with Crippen molar-refractivity contribution >= 4 is 41.3 Å². The van der Waals surface area contributed by atoms with E-state index in [1.165, 1.54) is 44.6 Å². The number of aliphatic imine (C=N–C) groups is 1. The lowest BCUT2D eigenvalue weighted by Gasteiger charge is -2.29. The minimum atomic E-state index is 0. The van der Waals surface area contributed by atoms with E-state index in [1.807, 2.05) is 7.05 Å². The van der Waals surface area contributed by atoms with Crippen molar-refractivity contribution in [1.82, 2.24) is 20.5 Å². The zero-order chi connectivity index (χ0) is 17.4. The highest BCUT2D eigenvalue weighted by Crippen LogP contribution is 2.17. The Balaban J connectivity index is 0.00000312. The van der Waals surface area contributed by atoms with Crippen LogP contribution in [0.3, 0.4) is 0 Å². The van der Waals surface area contributed by atoms with Gasteiger partial charge in [-0.25, -0.2) is 4.98 Å². The molecule has 1 aliphatic rings. The smallest absolute Gasteiger partial charge is 0.191 e. The summed E-state index contributed by atoms with van der Waals surface area (Å²) >= 11 is 1.71. The standard InChI is InChI=1S/C18H33N5S.HI/c1-14(2)16-13-24-17(22-16)11-21-18(19-4)20-10-15(3)12-23-8-6-5-7-9-23;/h13-15H,5-12H2,1-4H3,(H2,19,20,21);1H. The first kappa shape index (κ1) is 22.6. The van der Waals surface area contributed by atoms with Crippen LogP contribution in [0, 0.1) is 5.92 Å². The number of rotatable bonds is 7. The van der Waals surface area contributed by atoms with E-state index in [-0.39, 0.29) is 24.0 Å². The molecular formula is C18H34IN5S. The first-order valence-electron chi connectivity index (χ1n) is 9.19. The van der Waals surface area contributed by atoms with E-state index in [4.69, 9.17) is 0 Å². The number of nitrogens with one attached hydrogen (secondary N) is 2. The fraction of sp³-hybridized carbons (Fsp3) is 0.778. The molecule has 0 aliphatic carbocycles. The van der Waals surface area contributed by atoms with Gasteiger partial charge >= 0.3 is 0 Å². The summed E-state index contributed by atoms with van der Waals surface area (Å²) in [5.41, 5.74) is 1.18. The molecule has 2 N–H and O–H groups in total. The molecule has 0 spiro atoms. The maximum atomic E-state index is 4.66. The Morgan fingerprint density at radius 3 is 2.56 bits per heavy atom. The number of aromatic nitrogens is 1. The van der Waals surface area contributed by atoms with Crippen LogP contribution >= 0.6 is 35.3 Å². The van der Waals surface area contributed by atoms with Crippen molar-refractivity contribution < 1.29 is 0 Å². The van der Waals surface area contributed by atoms with Gasteiger partial charge in [0.1, 0.15) is 5.01 Å². The zero-order valence-electron chi connectivity index (χ0n) is 16.0. The van der Waals surface area contributed by atoms with E-state index >= 15 is 0 Å². The topological polar surface area (TPSA) is 52.6 Å². The van der Waals surface area contributed by atoms with Crippen LogP contribution in [0.4, 0.5) is 0 Å². The molecule has 2 heterocycles. The van der Waals surface area contributed by atoms with Crippen molar-refractivity contribution in [3.8, 4) is 0 Å². The Kier molecular flexibility index (Phi) is 10.9. The van der Waals surface area contributed by atoms with Crippen molar-refractivity contribution in [2.24, 2.45) is 10.9 Å². The van der Waals surface area contributed by atoms with E-state index < -0.39 is 0 Å².